The number of pyridine rings is 1. The van der Waals surface area contributed by atoms with E-state index in [1.165, 1.54) is 4.90 Å². The SMILES string of the molecule is CCCCOc1cccc(C(O)=C2C(=O)C(=O)N(CCCOC)C2c2cccnc2)c1. The molecule has 2 aromatic rings. The number of unbranched alkanes of at least 4 members (excludes halogenated alkanes) is 1. The fourth-order valence-electron chi connectivity index (χ4n) is 3.60. The highest BCUT2D eigenvalue weighted by Crippen LogP contribution is 2.39. The number of amides is 1. The van der Waals surface area contributed by atoms with Crippen molar-refractivity contribution in [2.75, 3.05) is 26.9 Å². The topological polar surface area (TPSA) is 89.0 Å². The van der Waals surface area contributed by atoms with Gasteiger partial charge < -0.3 is 19.5 Å². The highest BCUT2D eigenvalue weighted by atomic mass is 16.5. The van der Waals surface area contributed by atoms with Crippen LogP contribution in [0.2, 0.25) is 0 Å². The standard InChI is InChI=1S/C24H28N2O5/c1-3-4-14-31-19-10-5-8-17(15-19)22(27)20-21(18-9-6-11-25-16-18)26(12-7-13-30-2)24(29)23(20)28/h5-6,8-11,15-16,21,27H,3-4,7,12-14H2,1-2H3. The number of aromatic nitrogens is 1. The number of ether oxygens (including phenoxy) is 2. The van der Waals surface area contributed by atoms with Gasteiger partial charge >= 0.3 is 0 Å². The minimum atomic E-state index is -0.713. The van der Waals surface area contributed by atoms with Crippen molar-refractivity contribution in [3.63, 3.8) is 0 Å². The van der Waals surface area contributed by atoms with Crippen molar-refractivity contribution in [3.05, 3.63) is 65.5 Å². The molecule has 0 bridgehead atoms. The van der Waals surface area contributed by atoms with Crippen LogP contribution in [0, 0.1) is 0 Å². The fraction of sp³-hybridized carbons (Fsp3) is 0.375. The lowest BCUT2D eigenvalue weighted by molar-refractivity contribution is -0.140. The zero-order valence-electron chi connectivity index (χ0n) is 17.9. The van der Waals surface area contributed by atoms with Crippen LogP contribution in [-0.4, -0.2) is 53.5 Å². The van der Waals surface area contributed by atoms with Gasteiger partial charge in [-0.15, -0.1) is 0 Å². The molecule has 1 aromatic heterocycles. The zero-order valence-corrected chi connectivity index (χ0v) is 17.9. The van der Waals surface area contributed by atoms with Gasteiger partial charge in [0, 0.05) is 38.2 Å². The van der Waals surface area contributed by atoms with Gasteiger partial charge in [0.2, 0.25) is 0 Å². The molecular formula is C24H28N2O5. The Balaban J connectivity index is 2.01. The molecule has 1 unspecified atom stereocenters. The Labute approximate surface area is 182 Å². The normalized spacial score (nSPS) is 17.9. The molecule has 31 heavy (non-hydrogen) atoms. The van der Waals surface area contributed by atoms with Crippen LogP contribution in [0.4, 0.5) is 0 Å². The Morgan fingerprint density at radius 1 is 1.16 bits per heavy atom. The molecule has 7 heteroatoms. The second kappa shape index (κ2) is 10.7. The van der Waals surface area contributed by atoms with Crippen LogP contribution >= 0.6 is 0 Å². The summed E-state index contributed by atoms with van der Waals surface area (Å²) in [6.07, 6.45) is 5.73. The molecule has 164 valence electrons. The van der Waals surface area contributed by atoms with Gasteiger partial charge in [-0.1, -0.05) is 31.5 Å². The molecule has 3 rings (SSSR count). The maximum Gasteiger partial charge on any atom is 0.295 e. The molecule has 1 atom stereocenters. The molecule has 1 fully saturated rings. The summed E-state index contributed by atoms with van der Waals surface area (Å²) < 4.78 is 10.8. The van der Waals surface area contributed by atoms with Gasteiger partial charge in [0.1, 0.15) is 11.5 Å². The number of rotatable bonds is 10. The molecule has 0 radical (unpaired) electrons. The molecule has 1 aliphatic heterocycles. The van der Waals surface area contributed by atoms with Crippen LogP contribution in [0.5, 0.6) is 5.75 Å². The molecule has 1 N–H and O–H groups in total. The summed E-state index contributed by atoms with van der Waals surface area (Å²) in [5.74, 6) is -0.963. The highest BCUT2D eigenvalue weighted by molar-refractivity contribution is 6.46. The lowest BCUT2D eigenvalue weighted by Gasteiger charge is -2.25. The average Bonchev–Trinajstić information content (AvgIpc) is 3.05. The molecule has 1 saturated heterocycles. The van der Waals surface area contributed by atoms with E-state index >= 15 is 0 Å². The van der Waals surface area contributed by atoms with Gasteiger partial charge in [0.25, 0.3) is 11.7 Å². The van der Waals surface area contributed by atoms with Crippen LogP contribution in [0.15, 0.2) is 54.4 Å². The maximum atomic E-state index is 13.0. The van der Waals surface area contributed by atoms with Crippen molar-refractivity contribution in [1.29, 1.82) is 0 Å². The van der Waals surface area contributed by atoms with E-state index in [0.717, 1.165) is 12.8 Å². The predicted molar refractivity (Wildman–Crippen MR) is 117 cm³/mol. The minimum absolute atomic E-state index is 0.0566. The van der Waals surface area contributed by atoms with Crippen LogP contribution in [0.3, 0.4) is 0 Å². The summed E-state index contributed by atoms with van der Waals surface area (Å²) in [6, 6.07) is 9.76. The van der Waals surface area contributed by atoms with Gasteiger partial charge in [0.05, 0.1) is 18.2 Å². The van der Waals surface area contributed by atoms with Crippen LogP contribution in [0.25, 0.3) is 5.76 Å². The summed E-state index contributed by atoms with van der Waals surface area (Å²) in [4.78, 5) is 31.4. The first-order valence-corrected chi connectivity index (χ1v) is 10.5. The van der Waals surface area contributed by atoms with Crippen LogP contribution in [0.1, 0.15) is 43.4 Å². The number of benzene rings is 1. The third-order valence-electron chi connectivity index (χ3n) is 5.16. The first kappa shape index (κ1) is 22.5. The van der Waals surface area contributed by atoms with Gasteiger partial charge in [-0.25, -0.2) is 0 Å². The summed E-state index contributed by atoms with van der Waals surface area (Å²) in [5, 5.41) is 11.1. The summed E-state index contributed by atoms with van der Waals surface area (Å²) >= 11 is 0. The van der Waals surface area contributed by atoms with E-state index in [1.54, 1.807) is 55.9 Å². The number of nitrogens with zero attached hydrogens (tertiary/aromatic N) is 2. The van der Waals surface area contributed by atoms with Crippen molar-refractivity contribution in [3.8, 4) is 5.75 Å². The van der Waals surface area contributed by atoms with E-state index in [4.69, 9.17) is 9.47 Å². The van der Waals surface area contributed by atoms with E-state index in [-0.39, 0.29) is 11.3 Å². The number of carbonyl (C=O) groups excluding carboxylic acids is 2. The van der Waals surface area contributed by atoms with Crippen molar-refractivity contribution in [2.45, 2.75) is 32.2 Å². The molecule has 7 nitrogen and oxygen atoms in total. The number of hydrogen-bond donors (Lipinski definition) is 1. The summed E-state index contributed by atoms with van der Waals surface area (Å²) in [5.41, 5.74) is 1.15. The van der Waals surface area contributed by atoms with Gasteiger partial charge in [-0.3, -0.25) is 14.6 Å². The number of methoxy groups -OCH3 is 1. The smallest absolute Gasteiger partial charge is 0.295 e. The number of carbonyl (C=O) groups is 2. The maximum absolute atomic E-state index is 13.0. The minimum Gasteiger partial charge on any atom is -0.507 e. The second-order valence-corrected chi connectivity index (χ2v) is 7.36. The first-order chi connectivity index (χ1) is 15.1. The van der Waals surface area contributed by atoms with E-state index in [0.29, 0.717) is 43.1 Å². The molecule has 0 aliphatic carbocycles. The molecular weight excluding hydrogens is 396 g/mol. The first-order valence-electron chi connectivity index (χ1n) is 10.5. The molecule has 0 saturated carbocycles. The van der Waals surface area contributed by atoms with Gasteiger partial charge in [-0.05, 0) is 36.6 Å². The lowest BCUT2D eigenvalue weighted by atomic mass is 9.96. The Kier molecular flexibility index (Phi) is 7.78. The number of aliphatic hydroxyl groups is 1. The van der Waals surface area contributed by atoms with Gasteiger partial charge in [0.15, 0.2) is 0 Å². The van der Waals surface area contributed by atoms with Crippen molar-refractivity contribution in [2.24, 2.45) is 0 Å². The average molecular weight is 424 g/mol. The van der Waals surface area contributed by atoms with Crippen molar-refractivity contribution in [1.82, 2.24) is 9.88 Å². The highest BCUT2D eigenvalue weighted by Gasteiger charge is 2.45. The number of aliphatic hydroxyl groups excluding tert-OH is 1. The molecule has 2 heterocycles. The Bertz CT molecular complexity index is 942. The van der Waals surface area contributed by atoms with Crippen LogP contribution < -0.4 is 4.74 Å². The fourth-order valence-corrected chi connectivity index (χ4v) is 3.60. The molecule has 1 aromatic carbocycles. The van der Waals surface area contributed by atoms with E-state index in [9.17, 15) is 14.7 Å². The Morgan fingerprint density at radius 3 is 2.71 bits per heavy atom. The molecule has 1 amide bonds. The number of Topliss-reactive ketones (excluding diaryl/α,β-unsaturated/α-hetero) is 1. The Hall–Kier alpha value is -3.19. The molecule has 0 spiro atoms. The quantitative estimate of drug-likeness (QED) is 0.271. The van der Waals surface area contributed by atoms with E-state index < -0.39 is 17.7 Å². The zero-order chi connectivity index (χ0) is 22.2. The lowest BCUT2D eigenvalue weighted by Crippen LogP contribution is -2.31. The summed E-state index contributed by atoms with van der Waals surface area (Å²) in [7, 11) is 1.59. The molecule has 1 aliphatic rings. The number of ketones is 1. The third-order valence-corrected chi connectivity index (χ3v) is 5.16. The largest absolute Gasteiger partial charge is 0.507 e. The van der Waals surface area contributed by atoms with Crippen molar-refractivity contribution < 1.29 is 24.2 Å². The van der Waals surface area contributed by atoms with Gasteiger partial charge in [-0.2, -0.15) is 0 Å². The number of hydrogen-bond acceptors (Lipinski definition) is 6. The van der Waals surface area contributed by atoms with E-state index in [2.05, 4.69) is 11.9 Å². The van der Waals surface area contributed by atoms with E-state index in [1.807, 2.05) is 0 Å². The van der Waals surface area contributed by atoms with Crippen LogP contribution in [-0.2, 0) is 14.3 Å². The summed E-state index contributed by atoms with van der Waals surface area (Å²) in [6.45, 7) is 3.44. The second-order valence-electron chi connectivity index (χ2n) is 7.36. The monoisotopic (exact) mass is 424 g/mol. The van der Waals surface area contributed by atoms with Crippen molar-refractivity contribution >= 4 is 17.4 Å². The number of likely N-dealkylation sites (tertiary alicyclic amines) is 1. The predicted octanol–water partition coefficient (Wildman–Crippen LogP) is 3.72. The Morgan fingerprint density at radius 2 is 2.00 bits per heavy atom. The third kappa shape index (κ3) is 5.11.